The number of nitrogens with one attached hydrogen (secondary N) is 1. The third-order valence-corrected chi connectivity index (χ3v) is 3.03. The summed E-state index contributed by atoms with van der Waals surface area (Å²) < 4.78 is 5.28. The summed E-state index contributed by atoms with van der Waals surface area (Å²) in [6.45, 7) is 0. The highest BCUT2D eigenvalue weighted by atomic mass is 16.5. The highest BCUT2D eigenvalue weighted by Crippen LogP contribution is 2.20. The molecule has 1 aromatic carbocycles. The quantitative estimate of drug-likeness (QED) is 0.865. The molecule has 1 heterocycles. The topological polar surface area (TPSA) is 79.5 Å². The second-order valence-corrected chi connectivity index (χ2v) is 4.84. The third-order valence-electron chi connectivity index (χ3n) is 3.03. The van der Waals surface area contributed by atoms with Gasteiger partial charge in [0.15, 0.2) is 0 Å². The Labute approximate surface area is 127 Å². The average Bonchev–Trinajstić information content (AvgIpc) is 2.53. The minimum atomic E-state index is -1.09. The molecule has 2 rings (SSSR count). The van der Waals surface area contributed by atoms with Crippen LogP contribution in [0.25, 0.3) is 0 Å². The van der Waals surface area contributed by atoms with E-state index in [1.807, 2.05) is 0 Å². The molecule has 0 aliphatic carbocycles. The van der Waals surface area contributed by atoms with Crippen LogP contribution >= 0.6 is 0 Å². The van der Waals surface area contributed by atoms with E-state index >= 15 is 0 Å². The molecule has 1 atom stereocenters. The standard InChI is InChI=1S/C16H16N2O4/c1-18(2)15(20)13(11-7-4-3-5-8-11)22-16(21)12-9-6-10-17-14(12)19/h3-10,13H,1-2H3,(H,17,19)/t13-/m0/s1. The number of nitrogens with zero attached hydrogens (tertiary/aromatic N) is 1. The lowest BCUT2D eigenvalue weighted by Gasteiger charge is -2.21. The summed E-state index contributed by atoms with van der Waals surface area (Å²) in [4.78, 5) is 39.8. The number of ether oxygens (including phenoxy) is 1. The Hall–Kier alpha value is -2.89. The number of benzene rings is 1. The van der Waals surface area contributed by atoms with Crippen LogP contribution in [0.15, 0.2) is 53.5 Å². The summed E-state index contributed by atoms with van der Waals surface area (Å²) in [5, 5.41) is 0. The average molecular weight is 300 g/mol. The van der Waals surface area contributed by atoms with E-state index in [1.165, 1.54) is 23.2 Å². The molecular formula is C16H16N2O4. The molecule has 6 nitrogen and oxygen atoms in total. The van der Waals surface area contributed by atoms with Crippen LogP contribution in [0.1, 0.15) is 22.0 Å². The Morgan fingerprint density at radius 3 is 2.36 bits per heavy atom. The summed E-state index contributed by atoms with van der Waals surface area (Å²) in [5.41, 5.74) is -0.159. The maximum Gasteiger partial charge on any atom is 0.344 e. The summed E-state index contributed by atoms with van der Waals surface area (Å²) in [6.07, 6.45) is 0.321. The van der Waals surface area contributed by atoms with Gasteiger partial charge in [-0.05, 0) is 12.1 Å². The number of carbonyl (C=O) groups is 2. The molecule has 1 amide bonds. The van der Waals surface area contributed by atoms with Gasteiger partial charge in [0.2, 0.25) is 6.10 Å². The smallest absolute Gasteiger partial charge is 0.344 e. The molecule has 6 heteroatoms. The van der Waals surface area contributed by atoms with Crippen molar-refractivity contribution in [3.63, 3.8) is 0 Å². The molecule has 0 saturated heterocycles. The Bertz CT molecular complexity index is 722. The van der Waals surface area contributed by atoms with Crippen LogP contribution in [0, 0.1) is 0 Å². The number of hydrogen-bond acceptors (Lipinski definition) is 4. The van der Waals surface area contributed by atoms with Crippen molar-refractivity contribution >= 4 is 11.9 Å². The number of aromatic amines is 1. The van der Waals surface area contributed by atoms with Gasteiger partial charge in [-0.3, -0.25) is 9.59 Å². The summed E-state index contributed by atoms with van der Waals surface area (Å²) in [7, 11) is 3.14. The highest BCUT2D eigenvalue weighted by molar-refractivity contribution is 5.92. The summed E-state index contributed by atoms with van der Waals surface area (Å²) in [6, 6.07) is 11.5. The molecule has 0 unspecified atom stereocenters. The first-order chi connectivity index (χ1) is 10.5. The molecule has 0 saturated carbocycles. The van der Waals surface area contributed by atoms with Gasteiger partial charge in [-0.2, -0.15) is 0 Å². The number of likely N-dealkylation sites (N-methyl/N-ethyl adjacent to an activating group) is 1. The van der Waals surface area contributed by atoms with Crippen LogP contribution in [-0.4, -0.2) is 35.9 Å². The van der Waals surface area contributed by atoms with Crippen molar-refractivity contribution in [2.45, 2.75) is 6.10 Å². The minimum Gasteiger partial charge on any atom is -0.444 e. The first-order valence-electron chi connectivity index (χ1n) is 6.65. The van der Waals surface area contributed by atoms with E-state index in [0.29, 0.717) is 5.56 Å². The normalized spacial score (nSPS) is 11.5. The fourth-order valence-corrected chi connectivity index (χ4v) is 1.88. The van der Waals surface area contributed by atoms with Crippen LogP contribution in [-0.2, 0) is 9.53 Å². The largest absolute Gasteiger partial charge is 0.444 e. The van der Waals surface area contributed by atoms with Crippen molar-refractivity contribution in [2.75, 3.05) is 14.1 Å². The maximum atomic E-state index is 12.3. The zero-order valence-electron chi connectivity index (χ0n) is 12.3. The van der Waals surface area contributed by atoms with Crippen molar-refractivity contribution in [3.05, 3.63) is 70.1 Å². The molecular weight excluding hydrogens is 284 g/mol. The monoisotopic (exact) mass is 300 g/mol. The Morgan fingerprint density at radius 1 is 1.09 bits per heavy atom. The van der Waals surface area contributed by atoms with E-state index in [-0.39, 0.29) is 11.5 Å². The van der Waals surface area contributed by atoms with Crippen molar-refractivity contribution in [1.29, 1.82) is 0 Å². The molecule has 0 bridgehead atoms. The van der Waals surface area contributed by atoms with Crippen LogP contribution in [0.2, 0.25) is 0 Å². The SMILES string of the molecule is CN(C)C(=O)[C@@H](OC(=O)c1ccc[nH]c1=O)c1ccccc1. The first-order valence-corrected chi connectivity index (χ1v) is 6.65. The second-order valence-electron chi connectivity index (χ2n) is 4.84. The van der Waals surface area contributed by atoms with Gasteiger partial charge in [-0.15, -0.1) is 0 Å². The van der Waals surface area contributed by atoms with Crippen LogP contribution in [0.4, 0.5) is 0 Å². The number of aromatic nitrogens is 1. The molecule has 0 fully saturated rings. The second kappa shape index (κ2) is 6.71. The van der Waals surface area contributed by atoms with E-state index in [0.717, 1.165) is 0 Å². The van der Waals surface area contributed by atoms with E-state index in [4.69, 9.17) is 4.74 Å². The van der Waals surface area contributed by atoms with E-state index < -0.39 is 17.6 Å². The van der Waals surface area contributed by atoms with Gasteiger partial charge in [0.05, 0.1) is 0 Å². The van der Waals surface area contributed by atoms with E-state index in [2.05, 4.69) is 4.98 Å². The highest BCUT2D eigenvalue weighted by Gasteiger charge is 2.27. The zero-order valence-corrected chi connectivity index (χ0v) is 12.3. The maximum absolute atomic E-state index is 12.3. The molecule has 0 aliphatic rings. The molecule has 114 valence electrons. The molecule has 1 aromatic heterocycles. The van der Waals surface area contributed by atoms with Crippen LogP contribution in [0.5, 0.6) is 0 Å². The van der Waals surface area contributed by atoms with Crippen molar-refractivity contribution in [3.8, 4) is 0 Å². The fourth-order valence-electron chi connectivity index (χ4n) is 1.88. The van der Waals surface area contributed by atoms with Gasteiger partial charge < -0.3 is 14.6 Å². The molecule has 22 heavy (non-hydrogen) atoms. The lowest BCUT2D eigenvalue weighted by Crippen LogP contribution is -2.32. The molecule has 1 N–H and O–H groups in total. The number of esters is 1. The number of hydrogen-bond donors (Lipinski definition) is 1. The van der Waals surface area contributed by atoms with Crippen molar-refractivity contribution in [1.82, 2.24) is 9.88 Å². The lowest BCUT2D eigenvalue weighted by molar-refractivity contribution is -0.138. The van der Waals surface area contributed by atoms with Gasteiger partial charge >= 0.3 is 5.97 Å². The van der Waals surface area contributed by atoms with Crippen LogP contribution in [0.3, 0.4) is 0 Å². The van der Waals surface area contributed by atoms with Gasteiger partial charge in [0, 0.05) is 25.9 Å². The lowest BCUT2D eigenvalue weighted by atomic mass is 10.1. The predicted molar refractivity (Wildman–Crippen MR) is 80.4 cm³/mol. The van der Waals surface area contributed by atoms with Crippen molar-refractivity contribution in [2.24, 2.45) is 0 Å². The van der Waals surface area contributed by atoms with Gasteiger partial charge in [0.1, 0.15) is 5.56 Å². The molecule has 0 radical (unpaired) electrons. The fraction of sp³-hybridized carbons (Fsp3) is 0.188. The van der Waals surface area contributed by atoms with Crippen LogP contribution < -0.4 is 5.56 Å². The Balaban J connectivity index is 2.31. The first kappa shape index (κ1) is 15.5. The molecule has 0 aliphatic heterocycles. The third kappa shape index (κ3) is 3.41. The van der Waals surface area contributed by atoms with E-state index in [9.17, 15) is 14.4 Å². The van der Waals surface area contributed by atoms with Crippen molar-refractivity contribution < 1.29 is 14.3 Å². The summed E-state index contributed by atoms with van der Waals surface area (Å²) in [5.74, 6) is -1.22. The molecule has 2 aromatic rings. The zero-order chi connectivity index (χ0) is 16.1. The minimum absolute atomic E-state index is 0.144. The van der Waals surface area contributed by atoms with Gasteiger partial charge in [-0.25, -0.2) is 4.79 Å². The van der Waals surface area contributed by atoms with Gasteiger partial charge in [-0.1, -0.05) is 30.3 Å². The summed E-state index contributed by atoms with van der Waals surface area (Å²) >= 11 is 0. The Morgan fingerprint density at radius 2 is 1.77 bits per heavy atom. The predicted octanol–water partition coefficient (Wildman–Crippen LogP) is 1.36. The number of pyridine rings is 1. The Kier molecular flexibility index (Phi) is 4.73. The number of amides is 1. The van der Waals surface area contributed by atoms with E-state index in [1.54, 1.807) is 44.4 Å². The van der Waals surface area contributed by atoms with Gasteiger partial charge in [0.25, 0.3) is 11.5 Å². The number of rotatable bonds is 4. The molecule has 0 spiro atoms. The number of carbonyl (C=O) groups excluding carboxylic acids is 2. The number of H-pyrrole nitrogens is 1.